The summed E-state index contributed by atoms with van der Waals surface area (Å²) in [6, 6.07) is 10.0. The molecule has 0 bridgehead atoms. The molecule has 1 heterocycles. The minimum atomic E-state index is -3.38. The first-order valence-electron chi connectivity index (χ1n) is 6.48. The molecule has 2 rings (SSSR count). The first-order chi connectivity index (χ1) is 9.94. The number of hydrogen-bond acceptors (Lipinski definition) is 5. The highest BCUT2D eigenvalue weighted by molar-refractivity contribution is 7.85. The van der Waals surface area contributed by atoms with E-state index in [1.807, 2.05) is 49.4 Å². The van der Waals surface area contributed by atoms with Crippen molar-refractivity contribution in [3.63, 3.8) is 0 Å². The number of aromatic nitrogens is 1. The van der Waals surface area contributed by atoms with Crippen molar-refractivity contribution in [2.24, 2.45) is 0 Å². The molecule has 112 valence electrons. The van der Waals surface area contributed by atoms with Gasteiger partial charge in [0.1, 0.15) is 5.01 Å². The smallest absolute Gasteiger partial charge is 0.264 e. The van der Waals surface area contributed by atoms with E-state index < -0.39 is 10.1 Å². The molecule has 0 saturated heterocycles. The molecule has 0 N–H and O–H groups in total. The Morgan fingerprint density at radius 2 is 1.95 bits per heavy atom. The number of aryl methyl sites for hydroxylation is 1. The lowest BCUT2D eigenvalue weighted by Crippen LogP contribution is -2.06. The standard InChI is InChI=1S/C15H17NO3S2/c1-12-14(10-11-19-21(2,17)18)16-15(20-12)9-8-13-6-4-3-5-7-13/h3-9H,10-11H2,1-2H3. The van der Waals surface area contributed by atoms with Gasteiger partial charge in [0.25, 0.3) is 10.1 Å². The number of benzene rings is 1. The highest BCUT2D eigenvalue weighted by Crippen LogP contribution is 2.20. The highest BCUT2D eigenvalue weighted by Gasteiger charge is 2.08. The van der Waals surface area contributed by atoms with Crippen molar-refractivity contribution < 1.29 is 12.6 Å². The Morgan fingerprint density at radius 3 is 2.62 bits per heavy atom. The average molecular weight is 323 g/mol. The Bertz CT molecular complexity index is 719. The Kier molecular flexibility index (Phi) is 5.27. The van der Waals surface area contributed by atoms with Crippen molar-refractivity contribution in [1.82, 2.24) is 4.98 Å². The van der Waals surface area contributed by atoms with Crippen LogP contribution in [-0.4, -0.2) is 26.3 Å². The molecule has 0 saturated carbocycles. The zero-order chi connectivity index (χ0) is 15.3. The summed E-state index contributed by atoms with van der Waals surface area (Å²) in [5.74, 6) is 0. The minimum Gasteiger partial charge on any atom is -0.270 e. The number of rotatable bonds is 6. The van der Waals surface area contributed by atoms with E-state index in [9.17, 15) is 8.42 Å². The van der Waals surface area contributed by atoms with Gasteiger partial charge >= 0.3 is 0 Å². The Balaban J connectivity index is 2.00. The van der Waals surface area contributed by atoms with E-state index in [0.717, 1.165) is 27.4 Å². The van der Waals surface area contributed by atoms with Crippen LogP contribution in [0, 0.1) is 6.92 Å². The van der Waals surface area contributed by atoms with Crippen LogP contribution in [0.2, 0.25) is 0 Å². The van der Waals surface area contributed by atoms with E-state index in [1.54, 1.807) is 11.3 Å². The van der Waals surface area contributed by atoms with Crippen molar-refractivity contribution >= 4 is 33.6 Å². The maximum Gasteiger partial charge on any atom is 0.264 e. The van der Waals surface area contributed by atoms with Gasteiger partial charge in [-0.15, -0.1) is 11.3 Å². The lowest BCUT2D eigenvalue weighted by atomic mass is 10.2. The maximum absolute atomic E-state index is 10.9. The fourth-order valence-corrected chi connectivity index (χ4v) is 3.03. The average Bonchev–Trinajstić information content (AvgIpc) is 2.77. The highest BCUT2D eigenvalue weighted by atomic mass is 32.2. The van der Waals surface area contributed by atoms with Crippen LogP contribution >= 0.6 is 11.3 Å². The molecule has 0 amide bonds. The van der Waals surface area contributed by atoms with Gasteiger partial charge in [0.15, 0.2) is 0 Å². The Hall–Kier alpha value is -1.50. The number of nitrogens with zero attached hydrogens (tertiary/aromatic N) is 1. The van der Waals surface area contributed by atoms with Crippen LogP contribution in [0.1, 0.15) is 21.1 Å². The second-order valence-corrected chi connectivity index (χ2v) is 7.45. The first kappa shape index (κ1) is 15.9. The quantitative estimate of drug-likeness (QED) is 0.766. The van der Waals surface area contributed by atoms with Gasteiger partial charge < -0.3 is 0 Å². The molecule has 6 heteroatoms. The molecule has 0 atom stereocenters. The summed E-state index contributed by atoms with van der Waals surface area (Å²) in [6.07, 6.45) is 5.52. The van der Waals surface area contributed by atoms with Crippen LogP contribution in [-0.2, 0) is 20.7 Å². The molecule has 2 aromatic rings. The zero-order valence-corrected chi connectivity index (χ0v) is 13.6. The molecule has 4 nitrogen and oxygen atoms in total. The third-order valence-corrected chi connectivity index (χ3v) is 4.34. The van der Waals surface area contributed by atoms with Crippen LogP contribution in [0.3, 0.4) is 0 Å². The van der Waals surface area contributed by atoms with Gasteiger partial charge in [-0.2, -0.15) is 8.42 Å². The summed E-state index contributed by atoms with van der Waals surface area (Å²) in [5.41, 5.74) is 2.00. The van der Waals surface area contributed by atoms with Gasteiger partial charge in [0, 0.05) is 11.3 Å². The normalized spacial score (nSPS) is 12.1. The van der Waals surface area contributed by atoms with Crippen LogP contribution in [0.4, 0.5) is 0 Å². The minimum absolute atomic E-state index is 0.130. The predicted molar refractivity (Wildman–Crippen MR) is 86.7 cm³/mol. The molecule has 0 unspecified atom stereocenters. The SMILES string of the molecule is Cc1sc(C=Cc2ccccc2)nc1CCOS(C)(=O)=O. The fourth-order valence-electron chi connectivity index (χ4n) is 1.77. The summed E-state index contributed by atoms with van der Waals surface area (Å²) in [4.78, 5) is 5.58. The summed E-state index contributed by atoms with van der Waals surface area (Å²) < 4.78 is 26.6. The van der Waals surface area contributed by atoms with Gasteiger partial charge in [-0.05, 0) is 18.6 Å². The second kappa shape index (κ2) is 6.98. The van der Waals surface area contributed by atoms with Crippen LogP contribution < -0.4 is 0 Å². The first-order valence-corrected chi connectivity index (χ1v) is 9.11. The number of hydrogen-bond donors (Lipinski definition) is 0. The molecule has 1 aromatic heterocycles. The third kappa shape index (κ3) is 5.41. The molecular weight excluding hydrogens is 306 g/mol. The van der Waals surface area contributed by atoms with E-state index in [1.165, 1.54) is 0 Å². The maximum atomic E-state index is 10.9. The molecule has 21 heavy (non-hydrogen) atoms. The lowest BCUT2D eigenvalue weighted by Gasteiger charge is -1.99. The fraction of sp³-hybridized carbons (Fsp3) is 0.267. The zero-order valence-electron chi connectivity index (χ0n) is 11.9. The monoisotopic (exact) mass is 323 g/mol. The van der Waals surface area contributed by atoms with E-state index in [2.05, 4.69) is 4.98 Å². The van der Waals surface area contributed by atoms with E-state index in [4.69, 9.17) is 4.18 Å². The van der Waals surface area contributed by atoms with E-state index in [0.29, 0.717) is 6.42 Å². The third-order valence-electron chi connectivity index (χ3n) is 2.76. The molecule has 1 aromatic carbocycles. The van der Waals surface area contributed by atoms with Crippen LogP contribution in [0.5, 0.6) is 0 Å². The Morgan fingerprint density at radius 1 is 1.24 bits per heavy atom. The van der Waals surface area contributed by atoms with Gasteiger partial charge in [0.2, 0.25) is 0 Å². The van der Waals surface area contributed by atoms with Crippen LogP contribution in [0.15, 0.2) is 30.3 Å². The van der Waals surface area contributed by atoms with E-state index in [-0.39, 0.29) is 6.61 Å². The molecule has 0 spiro atoms. The van der Waals surface area contributed by atoms with Crippen molar-refractivity contribution in [2.45, 2.75) is 13.3 Å². The predicted octanol–water partition coefficient (Wildman–Crippen LogP) is 3.14. The molecule has 0 aliphatic carbocycles. The molecular formula is C15H17NO3S2. The molecule has 0 radical (unpaired) electrons. The van der Waals surface area contributed by atoms with Crippen molar-refractivity contribution in [3.8, 4) is 0 Å². The molecule has 0 aliphatic rings. The van der Waals surface area contributed by atoms with Gasteiger partial charge in [-0.1, -0.05) is 36.4 Å². The largest absolute Gasteiger partial charge is 0.270 e. The molecule has 0 fully saturated rings. The second-order valence-electron chi connectivity index (χ2n) is 4.58. The van der Waals surface area contributed by atoms with Gasteiger partial charge in [-0.25, -0.2) is 4.98 Å². The topological polar surface area (TPSA) is 56.3 Å². The van der Waals surface area contributed by atoms with E-state index >= 15 is 0 Å². The van der Waals surface area contributed by atoms with Crippen molar-refractivity contribution in [1.29, 1.82) is 0 Å². The van der Waals surface area contributed by atoms with Crippen LogP contribution in [0.25, 0.3) is 12.2 Å². The summed E-state index contributed by atoms with van der Waals surface area (Å²) in [5, 5.41) is 0.908. The summed E-state index contributed by atoms with van der Waals surface area (Å²) >= 11 is 1.59. The lowest BCUT2D eigenvalue weighted by molar-refractivity contribution is 0.324. The number of thiazole rings is 1. The van der Waals surface area contributed by atoms with Gasteiger partial charge in [0.05, 0.1) is 18.6 Å². The molecule has 0 aliphatic heterocycles. The Labute approximate surface area is 129 Å². The summed E-state index contributed by atoms with van der Waals surface area (Å²) in [6.45, 7) is 2.11. The van der Waals surface area contributed by atoms with Crippen molar-refractivity contribution in [2.75, 3.05) is 12.9 Å². The summed E-state index contributed by atoms with van der Waals surface area (Å²) in [7, 11) is -3.38. The van der Waals surface area contributed by atoms with Crippen molar-refractivity contribution in [3.05, 3.63) is 51.5 Å². The van der Waals surface area contributed by atoms with Gasteiger partial charge in [-0.3, -0.25) is 4.18 Å².